The summed E-state index contributed by atoms with van der Waals surface area (Å²) in [6.07, 6.45) is 1.39. The number of carbonyl (C=O) groups excluding carboxylic acids is 1. The van der Waals surface area contributed by atoms with Gasteiger partial charge in [-0.1, -0.05) is 23.7 Å². The van der Waals surface area contributed by atoms with Crippen LogP contribution in [0.25, 0.3) is 0 Å². The number of carbonyl (C=O) groups is 1. The Morgan fingerprint density at radius 3 is 2.61 bits per heavy atom. The van der Waals surface area contributed by atoms with E-state index in [2.05, 4.69) is 9.97 Å². The Balaban J connectivity index is 1.94. The molecule has 1 aromatic heterocycles. The molecule has 120 valence electrons. The average molecular weight is 333 g/mol. The van der Waals surface area contributed by atoms with Crippen LogP contribution in [0.5, 0.6) is 5.75 Å². The Labute approximate surface area is 139 Å². The number of amides is 1. The Morgan fingerprint density at radius 1 is 1.22 bits per heavy atom. The smallest absolute Gasteiger partial charge is 0.262 e. The predicted octanol–water partition coefficient (Wildman–Crippen LogP) is 2.58. The summed E-state index contributed by atoms with van der Waals surface area (Å²) in [5.74, 6) is 1.26. The summed E-state index contributed by atoms with van der Waals surface area (Å²) in [4.78, 5) is 24.4. The Bertz CT molecular complexity index is 721. The van der Waals surface area contributed by atoms with E-state index in [1.54, 1.807) is 12.0 Å². The van der Waals surface area contributed by atoms with E-state index >= 15 is 0 Å². The third-order valence-corrected chi connectivity index (χ3v) is 4.12. The van der Waals surface area contributed by atoms with E-state index in [4.69, 9.17) is 16.3 Å². The Hall–Kier alpha value is -2.34. The van der Waals surface area contributed by atoms with Crippen LogP contribution >= 0.6 is 11.6 Å². The molecule has 7 heteroatoms. The van der Waals surface area contributed by atoms with Crippen molar-refractivity contribution in [3.63, 3.8) is 0 Å². The molecule has 0 bridgehead atoms. The molecule has 1 aliphatic rings. The zero-order valence-electron chi connectivity index (χ0n) is 13.0. The molecule has 0 radical (unpaired) electrons. The molecule has 0 saturated heterocycles. The van der Waals surface area contributed by atoms with Gasteiger partial charge in [-0.15, -0.1) is 0 Å². The number of ether oxygens (including phenoxy) is 1. The molecule has 2 aromatic rings. The number of fused-ring (bicyclic) bond motifs is 1. The van der Waals surface area contributed by atoms with Gasteiger partial charge in [-0.3, -0.25) is 4.79 Å². The molecule has 0 atom stereocenters. The molecule has 0 saturated carbocycles. The fourth-order valence-electron chi connectivity index (χ4n) is 2.59. The van der Waals surface area contributed by atoms with Crippen molar-refractivity contribution >= 4 is 23.3 Å². The van der Waals surface area contributed by atoms with Gasteiger partial charge >= 0.3 is 0 Å². The van der Waals surface area contributed by atoms with Gasteiger partial charge in [-0.05, 0) is 24.6 Å². The van der Waals surface area contributed by atoms with Crippen molar-refractivity contribution in [1.29, 1.82) is 0 Å². The summed E-state index contributed by atoms with van der Waals surface area (Å²) in [6.45, 7) is 3.63. The number of halogens is 1. The van der Waals surface area contributed by atoms with E-state index in [-0.39, 0.29) is 11.1 Å². The van der Waals surface area contributed by atoms with E-state index in [9.17, 15) is 4.79 Å². The first-order valence-electron chi connectivity index (χ1n) is 7.31. The number of anilines is 1. The number of rotatable bonds is 4. The van der Waals surface area contributed by atoms with Crippen molar-refractivity contribution < 1.29 is 9.53 Å². The fourth-order valence-corrected chi connectivity index (χ4v) is 2.80. The second kappa shape index (κ2) is 6.42. The van der Waals surface area contributed by atoms with E-state index in [1.807, 2.05) is 36.1 Å². The van der Waals surface area contributed by atoms with E-state index < -0.39 is 0 Å². The van der Waals surface area contributed by atoms with Gasteiger partial charge in [0, 0.05) is 13.1 Å². The summed E-state index contributed by atoms with van der Waals surface area (Å²) in [7, 11) is 1.64. The summed E-state index contributed by atoms with van der Waals surface area (Å²) < 4.78 is 5.18. The van der Waals surface area contributed by atoms with Crippen molar-refractivity contribution in [3.05, 3.63) is 46.9 Å². The lowest BCUT2D eigenvalue weighted by Gasteiger charge is -2.36. The minimum Gasteiger partial charge on any atom is -0.497 e. The van der Waals surface area contributed by atoms with Gasteiger partial charge in [0.25, 0.3) is 5.91 Å². The molecule has 1 amide bonds. The number of aromatic nitrogens is 2. The molecule has 0 fully saturated rings. The van der Waals surface area contributed by atoms with Gasteiger partial charge in [0.2, 0.25) is 0 Å². The number of methoxy groups -OCH3 is 1. The van der Waals surface area contributed by atoms with Gasteiger partial charge < -0.3 is 14.5 Å². The number of nitrogens with zero attached hydrogens (tertiary/aromatic N) is 4. The van der Waals surface area contributed by atoms with Crippen LogP contribution in [-0.4, -0.2) is 41.1 Å². The summed E-state index contributed by atoms with van der Waals surface area (Å²) in [6, 6.07) is 7.81. The molecule has 1 aromatic carbocycles. The first kappa shape index (κ1) is 15.6. The molecular formula is C16H17ClN4O2. The standard InChI is InChI=1S/C16H17ClN4O2/c1-3-20-10-21(8-11-4-6-12(23-2)7-5-11)15-13(16(20)22)14(17)18-9-19-15/h4-7,9H,3,8,10H2,1-2H3. The molecular weight excluding hydrogens is 316 g/mol. The molecule has 0 aliphatic carbocycles. The highest BCUT2D eigenvalue weighted by molar-refractivity contribution is 6.33. The minimum atomic E-state index is -0.126. The average Bonchev–Trinajstić information content (AvgIpc) is 2.58. The maximum absolute atomic E-state index is 12.5. The molecule has 23 heavy (non-hydrogen) atoms. The monoisotopic (exact) mass is 332 g/mol. The van der Waals surface area contributed by atoms with E-state index in [1.165, 1.54) is 6.33 Å². The van der Waals surface area contributed by atoms with Crippen LogP contribution in [0.2, 0.25) is 5.15 Å². The van der Waals surface area contributed by atoms with E-state index in [0.717, 1.165) is 11.3 Å². The fraction of sp³-hybridized carbons (Fsp3) is 0.312. The second-order valence-corrected chi connectivity index (χ2v) is 5.57. The SMILES string of the molecule is CCN1CN(Cc2ccc(OC)cc2)c2ncnc(Cl)c2C1=O. The highest BCUT2D eigenvalue weighted by Crippen LogP contribution is 2.30. The normalized spacial score (nSPS) is 14.0. The highest BCUT2D eigenvalue weighted by Gasteiger charge is 2.32. The van der Waals surface area contributed by atoms with Crippen LogP contribution in [0.1, 0.15) is 22.8 Å². The van der Waals surface area contributed by atoms with Gasteiger partial charge in [-0.2, -0.15) is 0 Å². The molecule has 0 spiro atoms. The summed E-state index contributed by atoms with van der Waals surface area (Å²) in [5, 5.41) is 0.192. The first-order chi connectivity index (χ1) is 11.1. The number of hydrogen-bond acceptors (Lipinski definition) is 5. The maximum Gasteiger partial charge on any atom is 0.262 e. The third kappa shape index (κ3) is 2.94. The number of benzene rings is 1. The van der Waals surface area contributed by atoms with E-state index in [0.29, 0.717) is 31.1 Å². The lowest BCUT2D eigenvalue weighted by atomic mass is 10.1. The van der Waals surface area contributed by atoms with Crippen molar-refractivity contribution in [3.8, 4) is 5.75 Å². The second-order valence-electron chi connectivity index (χ2n) is 5.21. The van der Waals surface area contributed by atoms with Gasteiger partial charge in [-0.25, -0.2) is 9.97 Å². The van der Waals surface area contributed by atoms with Gasteiger partial charge in [0.05, 0.1) is 13.8 Å². The molecule has 6 nitrogen and oxygen atoms in total. The van der Waals surface area contributed by atoms with Crippen LogP contribution in [0.15, 0.2) is 30.6 Å². The Morgan fingerprint density at radius 2 is 1.96 bits per heavy atom. The van der Waals surface area contributed by atoms with Crippen molar-refractivity contribution in [1.82, 2.24) is 14.9 Å². The van der Waals surface area contributed by atoms with Crippen LogP contribution in [0.3, 0.4) is 0 Å². The van der Waals surface area contributed by atoms with Crippen LogP contribution in [0, 0.1) is 0 Å². The summed E-state index contributed by atoms with van der Waals surface area (Å²) in [5.41, 5.74) is 1.47. The largest absolute Gasteiger partial charge is 0.497 e. The van der Waals surface area contributed by atoms with Crippen LogP contribution in [-0.2, 0) is 6.54 Å². The lowest BCUT2D eigenvalue weighted by Crippen LogP contribution is -2.47. The van der Waals surface area contributed by atoms with Gasteiger partial charge in [0.15, 0.2) is 0 Å². The number of hydrogen-bond donors (Lipinski definition) is 0. The predicted molar refractivity (Wildman–Crippen MR) is 87.8 cm³/mol. The maximum atomic E-state index is 12.5. The zero-order chi connectivity index (χ0) is 16.4. The molecule has 3 rings (SSSR count). The molecule has 0 unspecified atom stereocenters. The Kier molecular flexibility index (Phi) is 4.34. The van der Waals surface area contributed by atoms with Gasteiger partial charge in [0.1, 0.15) is 28.6 Å². The third-order valence-electron chi connectivity index (χ3n) is 3.84. The van der Waals surface area contributed by atoms with Crippen LogP contribution in [0.4, 0.5) is 5.82 Å². The lowest BCUT2D eigenvalue weighted by molar-refractivity contribution is 0.0748. The van der Waals surface area contributed by atoms with Crippen molar-refractivity contribution in [2.45, 2.75) is 13.5 Å². The minimum absolute atomic E-state index is 0.126. The van der Waals surface area contributed by atoms with Crippen molar-refractivity contribution in [2.24, 2.45) is 0 Å². The molecule has 1 aliphatic heterocycles. The van der Waals surface area contributed by atoms with Crippen LogP contribution < -0.4 is 9.64 Å². The highest BCUT2D eigenvalue weighted by atomic mass is 35.5. The molecule has 2 heterocycles. The van der Waals surface area contributed by atoms with Crippen molar-refractivity contribution in [2.75, 3.05) is 25.2 Å². The quantitative estimate of drug-likeness (QED) is 0.805. The summed E-state index contributed by atoms with van der Waals surface area (Å²) >= 11 is 6.13. The zero-order valence-corrected chi connectivity index (χ0v) is 13.7. The first-order valence-corrected chi connectivity index (χ1v) is 7.69. The topological polar surface area (TPSA) is 58.6 Å². The molecule has 0 N–H and O–H groups in total.